The molecule has 4 rings (SSSR count). The van der Waals surface area contributed by atoms with E-state index in [0.29, 0.717) is 11.5 Å². The first-order chi connectivity index (χ1) is 18.0. The highest BCUT2D eigenvalue weighted by Gasteiger charge is 2.25. The van der Waals surface area contributed by atoms with Crippen molar-refractivity contribution in [1.29, 1.82) is 0 Å². The van der Waals surface area contributed by atoms with Crippen LogP contribution in [0.5, 0.6) is 17.2 Å². The van der Waals surface area contributed by atoms with Crippen molar-refractivity contribution in [3.63, 3.8) is 0 Å². The van der Waals surface area contributed by atoms with Crippen molar-refractivity contribution in [3.8, 4) is 17.2 Å². The molecule has 0 spiro atoms. The quantitative estimate of drug-likeness (QED) is 0.237. The van der Waals surface area contributed by atoms with Crippen molar-refractivity contribution >= 4 is 9.84 Å². The minimum absolute atomic E-state index is 0.0424. The number of hydrogen-bond acceptors (Lipinski definition) is 4. The number of hydrogen-bond donors (Lipinski definition) is 1. The number of phenols is 1. The molecule has 0 heterocycles. The van der Waals surface area contributed by atoms with Gasteiger partial charge in [0.15, 0.2) is 0 Å². The number of ether oxygens (including phenoxy) is 1. The average molecular weight is 529 g/mol. The second-order valence-corrected chi connectivity index (χ2v) is 12.5. The molecule has 0 aliphatic carbocycles. The molecular formula is C33H36O4S. The molecule has 4 aromatic carbocycles. The first-order valence-corrected chi connectivity index (χ1v) is 14.5. The summed E-state index contributed by atoms with van der Waals surface area (Å²) in [6.07, 6.45) is 1.99. The van der Waals surface area contributed by atoms with Crippen molar-refractivity contribution < 1.29 is 18.3 Å². The molecule has 5 heteroatoms. The first-order valence-electron chi connectivity index (χ1n) is 13.0. The maximum absolute atomic E-state index is 13.2. The number of sulfone groups is 1. The van der Waals surface area contributed by atoms with Gasteiger partial charge >= 0.3 is 0 Å². The van der Waals surface area contributed by atoms with E-state index in [-0.39, 0.29) is 26.4 Å². The van der Waals surface area contributed by atoms with E-state index in [0.717, 1.165) is 29.5 Å². The molecule has 198 valence electrons. The van der Waals surface area contributed by atoms with Gasteiger partial charge in [-0.25, -0.2) is 8.42 Å². The zero-order valence-electron chi connectivity index (χ0n) is 22.7. The largest absolute Gasteiger partial charge is 0.508 e. The van der Waals surface area contributed by atoms with Gasteiger partial charge in [-0.1, -0.05) is 71.0 Å². The molecule has 0 saturated carbocycles. The fourth-order valence-electron chi connectivity index (χ4n) is 4.64. The van der Waals surface area contributed by atoms with Gasteiger partial charge in [-0.05, 0) is 95.6 Å². The highest BCUT2D eigenvalue weighted by Crippen LogP contribution is 2.35. The molecule has 1 N–H and O–H groups in total. The van der Waals surface area contributed by atoms with Crippen LogP contribution in [0, 0.1) is 0 Å². The maximum atomic E-state index is 13.2. The van der Waals surface area contributed by atoms with E-state index in [1.165, 1.54) is 0 Å². The Labute approximate surface area is 226 Å². The van der Waals surface area contributed by atoms with Crippen LogP contribution in [-0.2, 0) is 20.7 Å². The molecule has 0 fully saturated rings. The molecule has 4 nitrogen and oxygen atoms in total. The Morgan fingerprint density at radius 3 is 1.42 bits per heavy atom. The minimum Gasteiger partial charge on any atom is -0.508 e. The van der Waals surface area contributed by atoms with Crippen LogP contribution in [0.1, 0.15) is 64.2 Å². The third-order valence-corrected chi connectivity index (χ3v) is 9.74. The van der Waals surface area contributed by atoms with E-state index in [1.807, 2.05) is 48.5 Å². The fourth-order valence-corrected chi connectivity index (χ4v) is 5.90. The summed E-state index contributed by atoms with van der Waals surface area (Å²) in [5, 5.41) is 9.59. The van der Waals surface area contributed by atoms with Gasteiger partial charge in [-0.15, -0.1) is 0 Å². The molecule has 0 aromatic heterocycles. The number of rotatable bonds is 9. The maximum Gasteiger partial charge on any atom is 0.206 e. The molecule has 4 aromatic rings. The predicted molar refractivity (Wildman–Crippen MR) is 153 cm³/mol. The average Bonchev–Trinajstić information content (AvgIpc) is 2.93. The number of phenolic OH excluding ortho intramolecular Hbond substituents is 1. The van der Waals surface area contributed by atoms with Crippen LogP contribution >= 0.6 is 0 Å². The van der Waals surface area contributed by atoms with Crippen LogP contribution in [0.25, 0.3) is 0 Å². The fraction of sp³-hybridized carbons (Fsp3) is 0.273. The van der Waals surface area contributed by atoms with Gasteiger partial charge in [-0.3, -0.25) is 0 Å². The third kappa shape index (κ3) is 5.48. The predicted octanol–water partition coefficient (Wildman–Crippen LogP) is 8.42. The summed E-state index contributed by atoms with van der Waals surface area (Å²) in [5.41, 5.74) is 3.16. The highest BCUT2D eigenvalue weighted by atomic mass is 32.2. The Hall–Kier alpha value is -3.57. The van der Waals surface area contributed by atoms with E-state index in [4.69, 9.17) is 4.74 Å². The van der Waals surface area contributed by atoms with Gasteiger partial charge in [-0.2, -0.15) is 0 Å². The topological polar surface area (TPSA) is 63.6 Å². The minimum atomic E-state index is -3.63. The molecule has 0 aliphatic rings. The van der Waals surface area contributed by atoms with E-state index in [2.05, 4.69) is 34.6 Å². The van der Waals surface area contributed by atoms with Crippen molar-refractivity contribution in [3.05, 3.63) is 114 Å². The Morgan fingerprint density at radius 2 is 0.974 bits per heavy atom. The molecule has 0 amide bonds. The summed E-state index contributed by atoms with van der Waals surface area (Å²) in [5.74, 6) is 1.47. The van der Waals surface area contributed by atoms with Crippen LogP contribution in [0.2, 0.25) is 0 Å². The summed E-state index contributed by atoms with van der Waals surface area (Å²) in [6.45, 7) is 10.8. The lowest BCUT2D eigenvalue weighted by molar-refractivity contribution is 0.438. The van der Waals surface area contributed by atoms with Crippen LogP contribution in [0.4, 0.5) is 0 Å². The normalized spacial score (nSPS) is 12.3. The van der Waals surface area contributed by atoms with Crippen LogP contribution in [0.15, 0.2) is 107 Å². The monoisotopic (exact) mass is 528 g/mol. The Morgan fingerprint density at radius 1 is 0.605 bits per heavy atom. The standard InChI is InChI=1S/C33H36O4S/c1-6-33(5,7-2)26-12-20-30(21-13-26)38(35,36)31-22-18-29(19-23-31)37-28-16-10-25(11-17-28)32(3,4)24-8-14-27(34)15-9-24/h8-23,34H,6-7H2,1-5H3. The second-order valence-electron chi connectivity index (χ2n) is 10.6. The second kappa shape index (κ2) is 10.7. The van der Waals surface area contributed by atoms with E-state index in [1.54, 1.807) is 48.5 Å². The molecule has 0 bridgehead atoms. The lowest BCUT2D eigenvalue weighted by atomic mass is 9.78. The van der Waals surface area contributed by atoms with Crippen LogP contribution in [-0.4, -0.2) is 13.5 Å². The van der Waals surface area contributed by atoms with Crippen LogP contribution in [0.3, 0.4) is 0 Å². The van der Waals surface area contributed by atoms with Gasteiger partial charge in [0.2, 0.25) is 9.84 Å². The van der Waals surface area contributed by atoms with Gasteiger partial charge in [0.1, 0.15) is 17.2 Å². The Bertz CT molecular complexity index is 1460. The lowest BCUT2D eigenvalue weighted by Gasteiger charge is -2.27. The summed E-state index contributed by atoms with van der Waals surface area (Å²) in [6, 6.07) is 28.9. The van der Waals surface area contributed by atoms with Crippen molar-refractivity contribution in [1.82, 2.24) is 0 Å². The molecule has 0 unspecified atom stereocenters. The molecule has 0 aliphatic heterocycles. The molecule has 38 heavy (non-hydrogen) atoms. The van der Waals surface area contributed by atoms with Crippen LogP contribution < -0.4 is 4.74 Å². The third-order valence-electron chi connectivity index (χ3n) is 7.96. The molecule has 0 saturated heterocycles. The molecular weight excluding hydrogens is 492 g/mol. The number of benzene rings is 4. The Kier molecular flexibility index (Phi) is 7.70. The molecule has 0 radical (unpaired) electrons. The van der Waals surface area contributed by atoms with E-state index < -0.39 is 9.84 Å². The summed E-state index contributed by atoms with van der Waals surface area (Å²) < 4.78 is 32.4. The highest BCUT2D eigenvalue weighted by molar-refractivity contribution is 7.91. The van der Waals surface area contributed by atoms with E-state index >= 15 is 0 Å². The van der Waals surface area contributed by atoms with Gasteiger partial charge in [0, 0.05) is 5.41 Å². The summed E-state index contributed by atoms with van der Waals surface area (Å²) in [4.78, 5) is 0.522. The van der Waals surface area contributed by atoms with Gasteiger partial charge < -0.3 is 9.84 Å². The van der Waals surface area contributed by atoms with Crippen molar-refractivity contribution in [2.45, 2.75) is 68.1 Å². The van der Waals surface area contributed by atoms with Crippen molar-refractivity contribution in [2.24, 2.45) is 0 Å². The molecule has 0 atom stereocenters. The summed E-state index contributed by atoms with van der Waals surface area (Å²) in [7, 11) is -3.63. The SMILES string of the molecule is CCC(C)(CC)c1ccc(S(=O)(=O)c2ccc(Oc3ccc(C(C)(C)c4ccc(O)cc4)cc3)cc2)cc1. The number of aromatic hydroxyl groups is 1. The smallest absolute Gasteiger partial charge is 0.206 e. The summed E-state index contributed by atoms with van der Waals surface area (Å²) >= 11 is 0. The lowest BCUT2D eigenvalue weighted by Crippen LogP contribution is -2.19. The Balaban J connectivity index is 1.48. The zero-order valence-corrected chi connectivity index (χ0v) is 23.5. The van der Waals surface area contributed by atoms with E-state index in [9.17, 15) is 13.5 Å². The van der Waals surface area contributed by atoms with Crippen molar-refractivity contribution in [2.75, 3.05) is 0 Å². The zero-order chi connectivity index (χ0) is 27.6. The van der Waals surface area contributed by atoms with Gasteiger partial charge in [0.25, 0.3) is 0 Å². The first kappa shape index (κ1) is 27.5. The van der Waals surface area contributed by atoms with Gasteiger partial charge in [0.05, 0.1) is 9.79 Å².